The zero-order valence-corrected chi connectivity index (χ0v) is 8.39. The van der Waals surface area contributed by atoms with Gasteiger partial charge in [-0.25, -0.2) is 0 Å². The molecule has 15 heavy (non-hydrogen) atoms. The summed E-state index contributed by atoms with van der Waals surface area (Å²) >= 11 is 0. The third-order valence-corrected chi connectivity index (χ3v) is 2.19. The van der Waals surface area contributed by atoms with Gasteiger partial charge in [0.25, 0.3) is 0 Å². The van der Waals surface area contributed by atoms with Crippen LogP contribution in [0.2, 0.25) is 0 Å². The molecule has 0 bridgehead atoms. The minimum atomic E-state index is -4.36. The molecule has 1 aromatic carbocycles. The normalized spacial score (nSPS) is 12.3. The lowest BCUT2D eigenvalue weighted by atomic mass is 9.85. The number of hydrogen-bond acceptors (Lipinski definition) is 1. The standard InChI is InChI=1S/C11H10F3N/c1-10(2,7-15)8-4-3-5-9(6-8)11(12,13)14/h3-6H,1-2H3. The molecule has 1 aromatic rings. The molecule has 0 unspecified atom stereocenters. The van der Waals surface area contributed by atoms with Crippen molar-refractivity contribution in [1.29, 1.82) is 5.26 Å². The first-order chi connectivity index (χ1) is 6.77. The second-order valence-electron chi connectivity index (χ2n) is 3.82. The summed E-state index contributed by atoms with van der Waals surface area (Å²) in [5.74, 6) is 0. The Morgan fingerprint density at radius 1 is 1.13 bits per heavy atom. The second-order valence-corrected chi connectivity index (χ2v) is 3.82. The smallest absolute Gasteiger partial charge is 0.197 e. The van der Waals surface area contributed by atoms with Crippen LogP contribution in [0.3, 0.4) is 0 Å². The van der Waals surface area contributed by atoms with E-state index in [1.54, 1.807) is 13.8 Å². The molecular formula is C11H10F3N. The molecule has 0 aromatic heterocycles. The summed E-state index contributed by atoms with van der Waals surface area (Å²) in [6.07, 6.45) is -4.36. The summed E-state index contributed by atoms with van der Waals surface area (Å²) in [6.45, 7) is 3.17. The van der Waals surface area contributed by atoms with E-state index in [-0.39, 0.29) is 0 Å². The molecule has 1 nitrogen and oxygen atoms in total. The average molecular weight is 213 g/mol. The second kappa shape index (κ2) is 3.58. The zero-order chi connectivity index (χ0) is 11.7. The third-order valence-electron chi connectivity index (χ3n) is 2.19. The summed E-state index contributed by atoms with van der Waals surface area (Å²) in [5.41, 5.74) is -1.25. The number of alkyl halides is 3. The molecule has 0 aliphatic rings. The summed E-state index contributed by atoms with van der Waals surface area (Å²) in [7, 11) is 0. The Bertz CT molecular complexity index is 399. The molecule has 4 heteroatoms. The Hall–Kier alpha value is -1.50. The van der Waals surface area contributed by atoms with Gasteiger partial charge in [0.1, 0.15) is 0 Å². The number of nitrogens with zero attached hydrogens (tertiary/aromatic N) is 1. The third kappa shape index (κ3) is 2.50. The first-order valence-corrected chi connectivity index (χ1v) is 4.36. The Kier molecular flexibility index (Phi) is 2.76. The van der Waals surface area contributed by atoms with Crippen LogP contribution in [-0.2, 0) is 11.6 Å². The van der Waals surface area contributed by atoms with E-state index in [9.17, 15) is 13.2 Å². The molecule has 1 rings (SSSR count). The van der Waals surface area contributed by atoms with Gasteiger partial charge in [-0.1, -0.05) is 18.2 Å². The van der Waals surface area contributed by atoms with Crippen LogP contribution in [0.25, 0.3) is 0 Å². The van der Waals surface area contributed by atoms with Gasteiger partial charge in [0.05, 0.1) is 17.0 Å². The van der Waals surface area contributed by atoms with E-state index in [0.29, 0.717) is 5.56 Å². The minimum Gasteiger partial charge on any atom is -0.197 e. The van der Waals surface area contributed by atoms with E-state index >= 15 is 0 Å². The number of halogens is 3. The molecule has 0 fully saturated rings. The van der Waals surface area contributed by atoms with Crippen LogP contribution in [0.4, 0.5) is 13.2 Å². The van der Waals surface area contributed by atoms with Crippen molar-refractivity contribution in [3.05, 3.63) is 35.4 Å². The predicted molar refractivity (Wildman–Crippen MR) is 50.1 cm³/mol. The molecule has 0 aliphatic carbocycles. The monoisotopic (exact) mass is 213 g/mol. The van der Waals surface area contributed by atoms with Crippen LogP contribution in [0.5, 0.6) is 0 Å². The minimum absolute atomic E-state index is 0.375. The van der Waals surface area contributed by atoms with Crippen molar-refractivity contribution in [1.82, 2.24) is 0 Å². The SMILES string of the molecule is CC(C)(C#N)c1cccc(C(F)(F)F)c1. The van der Waals surface area contributed by atoms with Crippen molar-refractivity contribution in [2.24, 2.45) is 0 Å². The van der Waals surface area contributed by atoms with Gasteiger partial charge in [0.2, 0.25) is 0 Å². The zero-order valence-electron chi connectivity index (χ0n) is 8.39. The molecule has 0 N–H and O–H groups in total. The highest BCUT2D eigenvalue weighted by atomic mass is 19.4. The maximum atomic E-state index is 12.4. The molecule has 0 aliphatic heterocycles. The molecule has 0 radical (unpaired) electrons. The fourth-order valence-corrected chi connectivity index (χ4v) is 1.15. The topological polar surface area (TPSA) is 23.8 Å². The van der Waals surface area contributed by atoms with Gasteiger partial charge >= 0.3 is 6.18 Å². The van der Waals surface area contributed by atoms with E-state index < -0.39 is 17.2 Å². The fourth-order valence-electron chi connectivity index (χ4n) is 1.15. The van der Waals surface area contributed by atoms with E-state index in [2.05, 4.69) is 0 Å². The molecular weight excluding hydrogens is 203 g/mol. The predicted octanol–water partition coefficient (Wildman–Crippen LogP) is 3.51. The lowest BCUT2D eigenvalue weighted by Crippen LogP contribution is -2.15. The van der Waals surface area contributed by atoms with Crippen LogP contribution >= 0.6 is 0 Å². The van der Waals surface area contributed by atoms with Crippen LogP contribution < -0.4 is 0 Å². The van der Waals surface area contributed by atoms with Gasteiger partial charge in [-0.15, -0.1) is 0 Å². The summed E-state index contributed by atoms with van der Waals surface area (Å²) in [5, 5.41) is 8.81. The number of hydrogen-bond donors (Lipinski definition) is 0. The Labute approximate surface area is 86.1 Å². The molecule has 0 spiro atoms. The quantitative estimate of drug-likeness (QED) is 0.700. The Balaban J connectivity index is 3.22. The van der Waals surface area contributed by atoms with E-state index in [4.69, 9.17) is 5.26 Å². The largest absolute Gasteiger partial charge is 0.416 e. The van der Waals surface area contributed by atoms with Gasteiger partial charge in [-0.2, -0.15) is 18.4 Å². The highest BCUT2D eigenvalue weighted by Gasteiger charge is 2.32. The van der Waals surface area contributed by atoms with E-state index in [1.807, 2.05) is 6.07 Å². The maximum Gasteiger partial charge on any atom is 0.416 e. The van der Waals surface area contributed by atoms with Gasteiger partial charge in [0.15, 0.2) is 0 Å². The molecule has 0 saturated carbocycles. The summed E-state index contributed by atoms with van der Waals surface area (Å²) in [4.78, 5) is 0. The van der Waals surface area contributed by atoms with Crippen molar-refractivity contribution in [2.45, 2.75) is 25.4 Å². The molecule has 0 amide bonds. The van der Waals surface area contributed by atoms with Crippen molar-refractivity contribution in [2.75, 3.05) is 0 Å². The summed E-state index contributed by atoms with van der Waals surface area (Å²) < 4.78 is 37.1. The molecule has 0 heterocycles. The number of nitriles is 1. The average Bonchev–Trinajstić information content (AvgIpc) is 2.17. The molecule has 0 atom stereocenters. The van der Waals surface area contributed by atoms with Crippen LogP contribution in [-0.4, -0.2) is 0 Å². The van der Waals surface area contributed by atoms with Gasteiger partial charge in [0, 0.05) is 0 Å². The van der Waals surface area contributed by atoms with Crippen molar-refractivity contribution < 1.29 is 13.2 Å². The molecule has 0 saturated heterocycles. The van der Waals surface area contributed by atoms with Gasteiger partial charge < -0.3 is 0 Å². The summed E-state index contributed by atoms with van der Waals surface area (Å²) in [6, 6.07) is 6.83. The van der Waals surface area contributed by atoms with E-state index in [1.165, 1.54) is 12.1 Å². The number of benzene rings is 1. The van der Waals surface area contributed by atoms with Crippen LogP contribution in [0, 0.1) is 11.3 Å². The maximum absolute atomic E-state index is 12.4. The van der Waals surface area contributed by atoms with Crippen molar-refractivity contribution >= 4 is 0 Å². The van der Waals surface area contributed by atoms with Crippen LogP contribution in [0.15, 0.2) is 24.3 Å². The van der Waals surface area contributed by atoms with Gasteiger partial charge in [-0.05, 0) is 25.5 Å². The first kappa shape index (κ1) is 11.6. The lowest BCUT2D eigenvalue weighted by Gasteiger charge is -2.17. The van der Waals surface area contributed by atoms with E-state index in [0.717, 1.165) is 12.1 Å². The van der Waals surface area contributed by atoms with Crippen molar-refractivity contribution in [3.63, 3.8) is 0 Å². The Morgan fingerprint density at radius 3 is 2.13 bits per heavy atom. The lowest BCUT2D eigenvalue weighted by molar-refractivity contribution is -0.137. The Morgan fingerprint density at radius 2 is 1.67 bits per heavy atom. The van der Waals surface area contributed by atoms with Crippen molar-refractivity contribution in [3.8, 4) is 6.07 Å². The number of rotatable bonds is 1. The first-order valence-electron chi connectivity index (χ1n) is 4.36. The fraction of sp³-hybridized carbons (Fsp3) is 0.364. The van der Waals surface area contributed by atoms with Gasteiger partial charge in [-0.3, -0.25) is 0 Å². The highest BCUT2D eigenvalue weighted by molar-refractivity contribution is 5.34. The van der Waals surface area contributed by atoms with Crippen LogP contribution in [0.1, 0.15) is 25.0 Å². The highest BCUT2D eigenvalue weighted by Crippen LogP contribution is 2.32. The molecule has 80 valence electrons.